The molecule has 2 aliphatic heterocycles. The molecule has 1 unspecified atom stereocenters. The molecule has 74 valence electrons. The number of pyridine rings is 1. The molecule has 1 aromatic heterocycles. The zero-order valence-electron chi connectivity index (χ0n) is 7.91. The Morgan fingerprint density at radius 2 is 2.29 bits per heavy atom. The first-order valence-electron chi connectivity index (χ1n) is 5.20. The van der Waals surface area contributed by atoms with Gasteiger partial charge in [-0.2, -0.15) is 0 Å². The van der Waals surface area contributed by atoms with Crippen molar-refractivity contribution in [2.45, 2.75) is 37.3 Å². The van der Waals surface area contributed by atoms with E-state index in [0.717, 1.165) is 6.04 Å². The first-order chi connectivity index (χ1) is 6.83. The topological polar surface area (TPSA) is 24.9 Å². The van der Waals surface area contributed by atoms with Crippen LogP contribution in [0, 0.1) is 0 Å². The van der Waals surface area contributed by atoms with Crippen LogP contribution in [-0.4, -0.2) is 17.1 Å². The van der Waals surface area contributed by atoms with Crippen LogP contribution in [0.15, 0.2) is 18.3 Å². The van der Waals surface area contributed by atoms with Crippen LogP contribution in [0.1, 0.15) is 30.7 Å². The van der Waals surface area contributed by atoms with E-state index >= 15 is 0 Å². The number of aromatic nitrogens is 1. The summed E-state index contributed by atoms with van der Waals surface area (Å²) in [5.74, 6) is 0.665. The van der Waals surface area contributed by atoms with Crippen LogP contribution in [0.5, 0.6) is 0 Å². The van der Waals surface area contributed by atoms with E-state index in [2.05, 4.69) is 16.4 Å². The standard InChI is InChI=1S/C11H13ClN2/c12-11-4-1-7(6-13-11)9-5-8-2-3-10(9)14-8/h1,4,6,8-10,14H,2-3,5H2/t8-,9?,10+/m0/s1. The molecular weight excluding hydrogens is 196 g/mol. The lowest BCUT2D eigenvalue weighted by Crippen LogP contribution is -2.21. The number of hydrogen-bond donors (Lipinski definition) is 1. The van der Waals surface area contributed by atoms with E-state index in [1.807, 2.05) is 12.3 Å². The van der Waals surface area contributed by atoms with E-state index in [4.69, 9.17) is 11.6 Å². The van der Waals surface area contributed by atoms with Crippen molar-refractivity contribution in [3.63, 3.8) is 0 Å². The molecule has 0 radical (unpaired) electrons. The highest BCUT2D eigenvalue weighted by Gasteiger charge is 2.39. The minimum Gasteiger partial charge on any atom is -0.311 e. The van der Waals surface area contributed by atoms with Gasteiger partial charge in [-0.05, 0) is 30.9 Å². The van der Waals surface area contributed by atoms with Gasteiger partial charge in [-0.15, -0.1) is 0 Å². The summed E-state index contributed by atoms with van der Waals surface area (Å²) in [7, 11) is 0. The van der Waals surface area contributed by atoms with Crippen molar-refractivity contribution >= 4 is 11.6 Å². The maximum atomic E-state index is 5.77. The molecule has 0 spiro atoms. The number of fused-ring (bicyclic) bond motifs is 2. The molecule has 3 atom stereocenters. The van der Waals surface area contributed by atoms with Gasteiger partial charge in [-0.1, -0.05) is 17.7 Å². The molecule has 2 saturated heterocycles. The summed E-state index contributed by atoms with van der Waals surface area (Å²) in [6, 6.07) is 5.44. The van der Waals surface area contributed by atoms with Crippen LogP contribution in [0.4, 0.5) is 0 Å². The van der Waals surface area contributed by atoms with Crippen LogP contribution in [0.2, 0.25) is 5.15 Å². The van der Waals surface area contributed by atoms with Crippen molar-refractivity contribution in [1.82, 2.24) is 10.3 Å². The third kappa shape index (κ3) is 1.33. The van der Waals surface area contributed by atoms with Crippen molar-refractivity contribution in [2.75, 3.05) is 0 Å². The van der Waals surface area contributed by atoms with Gasteiger partial charge < -0.3 is 5.32 Å². The number of nitrogens with zero attached hydrogens (tertiary/aromatic N) is 1. The predicted octanol–water partition coefficient (Wildman–Crippen LogP) is 2.34. The third-order valence-corrected chi connectivity index (χ3v) is 3.70. The van der Waals surface area contributed by atoms with Crippen molar-refractivity contribution < 1.29 is 0 Å². The minimum absolute atomic E-state index is 0.588. The third-order valence-electron chi connectivity index (χ3n) is 3.48. The normalized spacial score (nSPS) is 35.1. The summed E-state index contributed by atoms with van der Waals surface area (Å²) in [6.07, 6.45) is 5.86. The Bertz CT molecular complexity index is 336. The fraction of sp³-hybridized carbons (Fsp3) is 0.545. The average molecular weight is 209 g/mol. The molecule has 2 fully saturated rings. The number of halogens is 1. The SMILES string of the molecule is Clc1ccc(C2C[C@@H]3CC[C@H]2N3)cn1. The van der Waals surface area contributed by atoms with E-state index in [1.165, 1.54) is 24.8 Å². The summed E-state index contributed by atoms with van der Waals surface area (Å²) in [5.41, 5.74) is 1.34. The zero-order chi connectivity index (χ0) is 9.54. The summed E-state index contributed by atoms with van der Waals surface area (Å²) < 4.78 is 0. The van der Waals surface area contributed by atoms with Crippen LogP contribution in [0.25, 0.3) is 0 Å². The molecule has 1 N–H and O–H groups in total. The highest BCUT2D eigenvalue weighted by molar-refractivity contribution is 6.29. The molecule has 3 heteroatoms. The molecule has 0 aromatic carbocycles. The Kier molecular flexibility index (Phi) is 1.99. The lowest BCUT2D eigenvalue weighted by molar-refractivity contribution is 0.505. The molecule has 1 aromatic rings. The van der Waals surface area contributed by atoms with Crippen LogP contribution >= 0.6 is 11.6 Å². The summed E-state index contributed by atoms with van der Waals surface area (Å²) in [6.45, 7) is 0. The second-order valence-electron chi connectivity index (χ2n) is 4.30. The monoisotopic (exact) mass is 208 g/mol. The number of hydrogen-bond acceptors (Lipinski definition) is 2. The molecule has 2 bridgehead atoms. The van der Waals surface area contributed by atoms with Gasteiger partial charge in [0.05, 0.1) is 0 Å². The van der Waals surface area contributed by atoms with Crippen molar-refractivity contribution in [2.24, 2.45) is 0 Å². The number of rotatable bonds is 1. The Labute approximate surface area is 88.7 Å². The molecule has 14 heavy (non-hydrogen) atoms. The Morgan fingerprint density at radius 1 is 1.36 bits per heavy atom. The Morgan fingerprint density at radius 3 is 2.86 bits per heavy atom. The first kappa shape index (κ1) is 8.69. The van der Waals surface area contributed by atoms with Crippen LogP contribution in [0.3, 0.4) is 0 Å². The quantitative estimate of drug-likeness (QED) is 0.717. The van der Waals surface area contributed by atoms with Crippen LogP contribution < -0.4 is 5.32 Å². The van der Waals surface area contributed by atoms with Crippen molar-refractivity contribution in [1.29, 1.82) is 0 Å². The Hall–Kier alpha value is -0.600. The molecule has 2 aliphatic rings. The molecule has 2 nitrogen and oxygen atoms in total. The fourth-order valence-corrected chi connectivity index (χ4v) is 2.91. The average Bonchev–Trinajstić information content (AvgIpc) is 2.80. The highest BCUT2D eigenvalue weighted by atomic mass is 35.5. The van der Waals surface area contributed by atoms with Gasteiger partial charge in [0.25, 0.3) is 0 Å². The van der Waals surface area contributed by atoms with Gasteiger partial charge in [-0.25, -0.2) is 4.98 Å². The number of nitrogens with one attached hydrogen (secondary N) is 1. The minimum atomic E-state index is 0.588. The predicted molar refractivity (Wildman–Crippen MR) is 56.6 cm³/mol. The van der Waals surface area contributed by atoms with Crippen molar-refractivity contribution in [3.8, 4) is 0 Å². The molecule has 0 aliphatic carbocycles. The van der Waals surface area contributed by atoms with Gasteiger partial charge in [-0.3, -0.25) is 0 Å². The lowest BCUT2D eigenvalue weighted by Gasteiger charge is -2.19. The van der Waals surface area contributed by atoms with E-state index in [1.54, 1.807) is 0 Å². The van der Waals surface area contributed by atoms with Crippen LogP contribution in [-0.2, 0) is 0 Å². The smallest absolute Gasteiger partial charge is 0.129 e. The summed E-state index contributed by atoms with van der Waals surface area (Å²) in [4.78, 5) is 4.14. The summed E-state index contributed by atoms with van der Waals surface area (Å²) >= 11 is 5.77. The molecule has 3 heterocycles. The lowest BCUT2D eigenvalue weighted by atomic mass is 9.85. The van der Waals surface area contributed by atoms with Gasteiger partial charge in [0.15, 0.2) is 0 Å². The maximum Gasteiger partial charge on any atom is 0.129 e. The van der Waals surface area contributed by atoms with Crippen molar-refractivity contribution in [3.05, 3.63) is 29.0 Å². The van der Waals surface area contributed by atoms with E-state index in [-0.39, 0.29) is 0 Å². The van der Waals surface area contributed by atoms with Gasteiger partial charge in [0.2, 0.25) is 0 Å². The zero-order valence-corrected chi connectivity index (χ0v) is 8.67. The molecule has 0 saturated carbocycles. The van der Waals surface area contributed by atoms with Gasteiger partial charge in [0.1, 0.15) is 5.15 Å². The van der Waals surface area contributed by atoms with Gasteiger partial charge >= 0.3 is 0 Å². The molecule has 0 amide bonds. The van der Waals surface area contributed by atoms with E-state index < -0.39 is 0 Å². The van der Waals surface area contributed by atoms with E-state index in [9.17, 15) is 0 Å². The second kappa shape index (κ2) is 3.21. The largest absolute Gasteiger partial charge is 0.311 e. The Balaban J connectivity index is 1.86. The molecular formula is C11H13ClN2. The fourth-order valence-electron chi connectivity index (χ4n) is 2.80. The van der Waals surface area contributed by atoms with E-state index in [0.29, 0.717) is 17.1 Å². The van der Waals surface area contributed by atoms with Gasteiger partial charge in [0, 0.05) is 24.2 Å². The molecule has 3 rings (SSSR count). The second-order valence-corrected chi connectivity index (χ2v) is 4.69. The first-order valence-corrected chi connectivity index (χ1v) is 5.58. The highest BCUT2D eigenvalue weighted by Crippen LogP contribution is 2.39. The summed E-state index contributed by atoms with van der Waals surface area (Å²) in [5, 5.41) is 4.22. The maximum absolute atomic E-state index is 5.77.